The molecule has 0 bridgehead atoms. The highest BCUT2D eigenvalue weighted by Crippen LogP contribution is 2.23. The average Bonchev–Trinajstić information content (AvgIpc) is 2.80. The van der Waals surface area contributed by atoms with Crippen LogP contribution in [0.5, 0.6) is 0 Å². The first kappa shape index (κ1) is 15.3. The molecular formula is C15H17ClN2S2. The van der Waals surface area contributed by atoms with Gasteiger partial charge in [0.2, 0.25) is 0 Å². The van der Waals surface area contributed by atoms with Gasteiger partial charge in [-0.2, -0.15) is 0 Å². The van der Waals surface area contributed by atoms with Crippen LogP contribution < -0.4 is 5.32 Å². The standard InChI is InChI=1S/C15H17ClN2S2/c1-10-5-4-6-13(11(10)2)17-15(19)18(3)9-12-7-8-14(16)20-12/h4-8H,9H2,1-3H3,(H,17,19). The summed E-state index contributed by atoms with van der Waals surface area (Å²) < 4.78 is 0.807. The lowest BCUT2D eigenvalue weighted by Crippen LogP contribution is -2.30. The van der Waals surface area contributed by atoms with Gasteiger partial charge >= 0.3 is 0 Å². The van der Waals surface area contributed by atoms with Gasteiger partial charge in [-0.1, -0.05) is 23.7 Å². The zero-order valence-electron chi connectivity index (χ0n) is 11.7. The second-order valence-electron chi connectivity index (χ2n) is 4.74. The third-order valence-electron chi connectivity index (χ3n) is 3.21. The summed E-state index contributed by atoms with van der Waals surface area (Å²) in [5, 5.41) is 4.02. The number of anilines is 1. The van der Waals surface area contributed by atoms with E-state index in [0.29, 0.717) is 5.11 Å². The second kappa shape index (κ2) is 6.57. The molecule has 0 saturated carbocycles. The monoisotopic (exact) mass is 324 g/mol. The van der Waals surface area contributed by atoms with Crippen LogP contribution in [0.2, 0.25) is 4.34 Å². The van der Waals surface area contributed by atoms with Crippen molar-refractivity contribution in [2.24, 2.45) is 0 Å². The summed E-state index contributed by atoms with van der Waals surface area (Å²) in [6.45, 7) is 4.95. The molecule has 1 aromatic heterocycles. The molecule has 5 heteroatoms. The number of thiocarbonyl (C=S) groups is 1. The molecule has 0 radical (unpaired) electrons. The molecule has 1 N–H and O–H groups in total. The predicted octanol–water partition coefficient (Wildman–Crippen LogP) is 4.85. The molecule has 0 spiro atoms. The zero-order chi connectivity index (χ0) is 14.7. The number of thiophene rings is 1. The molecule has 2 rings (SSSR count). The van der Waals surface area contributed by atoms with Crippen LogP contribution in [0.3, 0.4) is 0 Å². The molecule has 2 nitrogen and oxygen atoms in total. The number of nitrogens with one attached hydrogen (secondary N) is 1. The topological polar surface area (TPSA) is 15.3 Å². The lowest BCUT2D eigenvalue weighted by atomic mass is 10.1. The molecule has 0 unspecified atom stereocenters. The Bertz CT molecular complexity index is 622. The Kier molecular flexibility index (Phi) is 5.02. The number of hydrogen-bond donors (Lipinski definition) is 1. The van der Waals surface area contributed by atoms with Gasteiger partial charge in [-0.05, 0) is 55.4 Å². The van der Waals surface area contributed by atoms with E-state index in [1.54, 1.807) is 11.3 Å². The Labute approximate surface area is 134 Å². The maximum absolute atomic E-state index is 5.94. The van der Waals surface area contributed by atoms with E-state index in [2.05, 4.69) is 25.2 Å². The lowest BCUT2D eigenvalue weighted by molar-refractivity contribution is 0.514. The average molecular weight is 325 g/mol. The third kappa shape index (κ3) is 3.72. The fourth-order valence-corrected chi connectivity index (χ4v) is 3.16. The van der Waals surface area contributed by atoms with Crippen molar-refractivity contribution in [3.05, 3.63) is 50.7 Å². The highest BCUT2D eigenvalue weighted by molar-refractivity contribution is 7.80. The van der Waals surface area contributed by atoms with E-state index in [0.717, 1.165) is 16.6 Å². The highest BCUT2D eigenvalue weighted by atomic mass is 35.5. The number of rotatable bonds is 3. The molecule has 0 amide bonds. The summed E-state index contributed by atoms with van der Waals surface area (Å²) in [6, 6.07) is 10.1. The second-order valence-corrected chi connectivity index (χ2v) is 6.93. The first-order valence-electron chi connectivity index (χ1n) is 6.30. The Morgan fingerprint density at radius 1 is 1.30 bits per heavy atom. The Hall–Kier alpha value is -1.10. The SMILES string of the molecule is Cc1cccc(NC(=S)N(C)Cc2ccc(Cl)s2)c1C. The molecule has 0 aliphatic rings. The van der Waals surface area contributed by atoms with Crippen molar-refractivity contribution in [1.29, 1.82) is 0 Å². The highest BCUT2D eigenvalue weighted by Gasteiger charge is 2.09. The van der Waals surface area contributed by atoms with Gasteiger partial charge in [0.15, 0.2) is 5.11 Å². The molecule has 0 aliphatic carbocycles. The molecule has 1 aromatic carbocycles. The maximum Gasteiger partial charge on any atom is 0.173 e. The van der Waals surface area contributed by atoms with Gasteiger partial charge in [0.05, 0.1) is 10.9 Å². The molecule has 2 aromatic rings. The van der Waals surface area contributed by atoms with Crippen LogP contribution in [0.25, 0.3) is 0 Å². The summed E-state index contributed by atoms with van der Waals surface area (Å²) >= 11 is 13.0. The summed E-state index contributed by atoms with van der Waals surface area (Å²) in [5.41, 5.74) is 3.54. The Morgan fingerprint density at radius 3 is 2.70 bits per heavy atom. The number of halogens is 1. The van der Waals surface area contributed by atoms with Crippen LogP contribution >= 0.6 is 35.2 Å². The van der Waals surface area contributed by atoms with Crippen molar-refractivity contribution in [1.82, 2.24) is 4.90 Å². The van der Waals surface area contributed by atoms with Crippen LogP contribution in [0, 0.1) is 13.8 Å². The quantitative estimate of drug-likeness (QED) is 0.813. The minimum atomic E-state index is 0.711. The molecule has 0 saturated heterocycles. The lowest BCUT2D eigenvalue weighted by Gasteiger charge is -2.21. The van der Waals surface area contributed by atoms with E-state index in [9.17, 15) is 0 Å². The molecule has 106 valence electrons. The van der Waals surface area contributed by atoms with Crippen molar-refractivity contribution in [2.75, 3.05) is 12.4 Å². The summed E-state index contributed by atoms with van der Waals surface area (Å²) in [6.07, 6.45) is 0. The number of aryl methyl sites for hydroxylation is 1. The minimum absolute atomic E-state index is 0.711. The molecule has 0 aliphatic heterocycles. The van der Waals surface area contributed by atoms with Crippen molar-refractivity contribution in [3.63, 3.8) is 0 Å². The van der Waals surface area contributed by atoms with E-state index >= 15 is 0 Å². The molecular weight excluding hydrogens is 308 g/mol. The molecule has 20 heavy (non-hydrogen) atoms. The van der Waals surface area contributed by atoms with E-state index in [1.807, 2.05) is 36.2 Å². The largest absolute Gasteiger partial charge is 0.347 e. The molecule has 0 fully saturated rings. The minimum Gasteiger partial charge on any atom is -0.347 e. The fraction of sp³-hybridized carbons (Fsp3) is 0.267. The zero-order valence-corrected chi connectivity index (χ0v) is 14.1. The van der Waals surface area contributed by atoms with E-state index in [4.69, 9.17) is 23.8 Å². The summed E-state index contributed by atoms with van der Waals surface area (Å²) in [7, 11) is 1.98. The molecule has 0 atom stereocenters. The Balaban J connectivity index is 2.02. The normalized spacial score (nSPS) is 10.4. The van der Waals surface area contributed by atoms with Gasteiger partial charge < -0.3 is 10.2 Å². The van der Waals surface area contributed by atoms with Crippen molar-refractivity contribution >= 4 is 46.0 Å². The Morgan fingerprint density at radius 2 is 2.05 bits per heavy atom. The van der Waals surface area contributed by atoms with E-state index < -0.39 is 0 Å². The predicted molar refractivity (Wildman–Crippen MR) is 92.9 cm³/mol. The van der Waals surface area contributed by atoms with Crippen LogP contribution in [0.4, 0.5) is 5.69 Å². The van der Waals surface area contributed by atoms with Crippen LogP contribution in [-0.4, -0.2) is 17.1 Å². The first-order chi connectivity index (χ1) is 9.47. The van der Waals surface area contributed by atoms with Gasteiger partial charge in [-0.25, -0.2) is 0 Å². The van der Waals surface area contributed by atoms with Gasteiger partial charge in [0.1, 0.15) is 0 Å². The summed E-state index contributed by atoms with van der Waals surface area (Å²) in [5.74, 6) is 0. The third-order valence-corrected chi connectivity index (χ3v) is 4.84. The van der Waals surface area contributed by atoms with Gasteiger partial charge in [-0.3, -0.25) is 0 Å². The smallest absolute Gasteiger partial charge is 0.173 e. The van der Waals surface area contributed by atoms with Crippen LogP contribution in [0.15, 0.2) is 30.3 Å². The number of nitrogens with zero attached hydrogens (tertiary/aromatic N) is 1. The van der Waals surface area contributed by atoms with Crippen molar-refractivity contribution < 1.29 is 0 Å². The maximum atomic E-state index is 5.94. The van der Waals surface area contributed by atoms with Gasteiger partial charge in [0.25, 0.3) is 0 Å². The summed E-state index contributed by atoms with van der Waals surface area (Å²) in [4.78, 5) is 3.21. The van der Waals surface area contributed by atoms with Crippen molar-refractivity contribution in [3.8, 4) is 0 Å². The number of benzene rings is 1. The van der Waals surface area contributed by atoms with Crippen molar-refractivity contribution in [2.45, 2.75) is 20.4 Å². The first-order valence-corrected chi connectivity index (χ1v) is 7.90. The van der Waals surface area contributed by atoms with Crippen LogP contribution in [0.1, 0.15) is 16.0 Å². The number of hydrogen-bond acceptors (Lipinski definition) is 2. The molecule has 1 heterocycles. The van der Waals surface area contributed by atoms with E-state index in [-0.39, 0.29) is 0 Å². The van der Waals surface area contributed by atoms with Gasteiger partial charge in [-0.15, -0.1) is 11.3 Å². The van der Waals surface area contributed by atoms with E-state index in [1.165, 1.54) is 16.0 Å². The fourth-order valence-electron chi connectivity index (χ4n) is 1.84. The van der Waals surface area contributed by atoms with Gasteiger partial charge in [0, 0.05) is 17.6 Å². The van der Waals surface area contributed by atoms with Crippen LogP contribution in [-0.2, 0) is 6.54 Å².